The number of halogens is 3. The zero-order chi connectivity index (χ0) is 17.0. The summed E-state index contributed by atoms with van der Waals surface area (Å²) < 4.78 is 43.0. The highest BCUT2D eigenvalue weighted by atomic mass is 19.4. The minimum atomic E-state index is -4.26. The highest BCUT2D eigenvalue weighted by Crippen LogP contribution is 2.32. The first kappa shape index (κ1) is 17.1. The Labute approximate surface area is 133 Å². The van der Waals surface area contributed by atoms with Gasteiger partial charge in [0.05, 0.1) is 12.1 Å². The van der Waals surface area contributed by atoms with Crippen LogP contribution in [0, 0.1) is 0 Å². The number of hydrogen-bond acceptors (Lipinski definition) is 3. The van der Waals surface area contributed by atoms with Gasteiger partial charge in [-0.15, -0.1) is 0 Å². The van der Waals surface area contributed by atoms with Crippen LogP contribution in [-0.4, -0.2) is 25.2 Å². The highest BCUT2D eigenvalue weighted by molar-refractivity contribution is 5.56. The molecule has 0 saturated heterocycles. The van der Waals surface area contributed by atoms with Crippen molar-refractivity contribution < 1.29 is 17.9 Å². The number of rotatable bonds is 5. The number of para-hydroxylation sites is 1. The van der Waals surface area contributed by atoms with Gasteiger partial charge in [-0.2, -0.15) is 13.2 Å². The van der Waals surface area contributed by atoms with E-state index in [1.807, 2.05) is 43.3 Å². The molecule has 0 aromatic heterocycles. The van der Waals surface area contributed by atoms with Gasteiger partial charge in [-0.3, -0.25) is 0 Å². The molecule has 0 spiro atoms. The van der Waals surface area contributed by atoms with Gasteiger partial charge >= 0.3 is 6.18 Å². The van der Waals surface area contributed by atoms with Crippen LogP contribution in [-0.2, 0) is 13.0 Å². The monoisotopic (exact) mass is 324 g/mol. The first-order valence-corrected chi connectivity index (χ1v) is 7.10. The van der Waals surface area contributed by atoms with E-state index >= 15 is 0 Å². The summed E-state index contributed by atoms with van der Waals surface area (Å²) >= 11 is 0. The molecule has 0 bridgehead atoms. The highest BCUT2D eigenvalue weighted by Gasteiger charge is 2.27. The van der Waals surface area contributed by atoms with Crippen molar-refractivity contribution in [2.45, 2.75) is 19.1 Å². The van der Waals surface area contributed by atoms with E-state index in [-0.39, 0.29) is 11.3 Å². The molecule has 0 saturated carbocycles. The standard InChI is InChI=1S/C17H19F3N2O/c1-22(2)11-13-5-3-4-6-15(13)23-16-8-7-12(9-14(16)21)10-17(18,19)20/h3-9H,10-11,21H2,1-2H3. The topological polar surface area (TPSA) is 38.5 Å². The number of nitrogen functional groups attached to an aromatic ring is 1. The van der Waals surface area contributed by atoms with Crippen molar-refractivity contribution in [2.24, 2.45) is 0 Å². The van der Waals surface area contributed by atoms with Crippen LogP contribution in [0.25, 0.3) is 0 Å². The van der Waals surface area contributed by atoms with Crippen molar-refractivity contribution in [1.82, 2.24) is 4.90 Å². The third kappa shape index (κ3) is 5.17. The minimum absolute atomic E-state index is 0.115. The summed E-state index contributed by atoms with van der Waals surface area (Å²) in [5.74, 6) is 0.985. The third-order valence-corrected chi connectivity index (χ3v) is 3.16. The Morgan fingerprint density at radius 2 is 1.74 bits per heavy atom. The lowest BCUT2D eigenvalue weighted by molar-refractivity contribution is -0.127. The van der Waals surface area contributed by atoms with Gasteiger partial charge in [-0.25, -0.2) is 0 Å². The molecule has 2 N–H and O–H groups in total. The second-order valence-electron chi connectivity index (χ2n) is 5.61. The quantitative estimate of drug-likeness (QED) is 0.837. The Kier molecular flexibility index (Phi) is 5.15. The molecule has 2 aromatic rings. The first-order chi connectivity index (χ1) is 10.7. The van der Waals surface area contributed by atoms with Crippen LogP contribution in [0.5, 0.6) is 11.5 Å². The maximum Gasteiger partial charge on any atom is 0.393 e. The van der Waals surface area contributed by atoms with Crippen molar-refractivity contribution in [3.8, 4) is 11.5 Å². The van der Waals surface area contributed by atoms with E-state index in [2.05, 4.69) is 0 Å². The van der Waals surface area contributed by atoms with Crippen molar-refractivity contribution in [2.75, 3.05) is 19.8 Å². The molecule has 0 heterocycles. The average Bonchev–Trinajstić information content (AvgIpc) is 2.41. The van der Waals surface area contributed by atoms with Crippen LogP contribution < -0.4 is 10.5 Å². The number of anilines is 1. The number of alkyl halides is 3. The normalized spacial score (nSPS) is 11.7. The lowest BCUT2D eigenvalue weighted by Crippen LogP contribution is -2.12. The van der Waals surface area contributed by atoms with Gasteiger partial charge in [-0.05, 0) is 37.9 Å². The van der Waals surface area contributed by atoms with Gasteiger partial charge in [0.2, 0.25) is 0 Å². The lowest BCUT2D eigenvalue weighted by Gasteiger charge is -2.16. The number of ether oxygens (including phenoxy) is 1. The SMILES string of the molecule is CN(C)Cc1ccccc1Oc1ccc(CC(F)(F)F)cc1N. The maximum atomic E-state index is 12.4. The molecule has 3 nitrogen and oxygen atoms in total. The average molecular weight is 324 g/mol. The van der Waals surface area contributed by atoms with E-state index in [9.17, 15) is 13.2 Å². The molecule has 0 aliphatic heterocycles. The van der Waals surface area contributed by atoms with Crippen molar-refractivity contribution in [1.29, 1.82) is 0 Å². The van der Waals surface area contributed by atoms with Crippen molar-refractivity contribution in [3.63, 3.8) is 0 Å². The van der Waals surface area contributed by atoms with Gasteiger partial charge in [0.1, 0.15) is 11.5 Å². The second kappa shape index (κ2) is 6.91. The van der Waals surface area contributed by atoms with E-state index in [1.165, 1.54) is 18.2 Å². The summed E-state index contributed by atoms with van der Waals surface area (Å²) in [6, 6.07) is 11.6. The molecule has 2 rings (SSSR count). The molecular weight excluding hydrogens is 305 g/mol. The Hall–Kier alpha value is -2.21. The summed E-state index contributed by atoms with van der Waals surface area (Å²) in [5.41, 5.74) is 7.11. The van der Waals surface area contributed by atoms with Gasteiger partial charge < -0.3 is 15.4 Å². The third-order valence-electron chi connectivity index (χ3n) is 3.16. The minimum Gasteiger partial charge on any atom is -0.455 e. The molecule has 0 unspecified atom stereocenters. The van der Waals surface area contributed by atoms with Crippen LogP contribution in [0.1, 0.15) is 11.1 Å². The fraction of sp³-hybridized carbons (Fsp3) is 0.294. The van der Waals surface area contributed by atoms with E-state index in [0.29, 0.717) is 18.0 Å². The summed E-state index contributed by atoms with van der Waals surface area (Å²) in [6.07, 6.45) is -5.26. The molecule has 23 heavy (non-hydrogen) atoms. The molecule has 0 atom stereocenters. The van der Waals surface area contributed by atoms with Crippen molar-refractivity contribution in [3.05, 3.63) is 53.6 Å². The fourth-order valence-corrected chi connectivity index (χ4v) is 2.23. The Morgan fingerprint density at radius 3 is 2.35 bits per heavy atom. The van der Waals surface area contributed by atoms with E-state index < -0.39 is 12.6 Å². The molecular formula is C17H19F3N2O. The van der Waals surface area contributed by atoms with Crippen LogP contribution in [0.3, 0.4) is 0 Å². The molecule has 0 amide bonds. The predicted molar refractivity (Wildman–Crippen MR) is 84.5 cm³/mol. The van der Waals surface area contributed by atoms with Crippen LogP contribution in [0.15, 0.2) is 42.5 Å². The lowest BCUT2D eigenvalue weighted by atomic mass is 10.1. The molecule has 0 aliphatic carbocycles. The Balaban J connectivity index is 2.21. The van der Waals surface area contributed by atoms with E-state index in [4.69, 9.17) is 10.5 Å². The molecule has 2 aromatic carbocycles. The van der Waals surface area contributed by atoms with Gasteiger partial charge in [0.25, 0.3) is 0 Å². The van der Waals surface area contributed by atoms with Crippen LogP contribution in [0.4, 0.5) is 18.9 Å². The largest absolute Gasteiger partial charge is 0.455 e. The molecule has 6 heteroatoms. The molecule has 0 fully saturated rings. The summed E-state index contributed by atoms with van der Waals surface area (Å²) in [4.78, 5) is 2.00. The van der Waals surface area contributed by atoms with Crippen LogP contribution >= 0.6 is 0 Å². The fourth-order valence-electron chi connectivity index (χ4n) is 2.23. The maximum absolute atomic E-state index is 12.4. The van der Waals surface area contributed by atoms with Gasteiger partial charge in [-0.1, -0.05) is 24.3 Å². The Bertz CT molecular complexity index is 669. The smallest absolute Gasteiger partial charge is 0.393 e. The van der Waals surface area contributed by atoms with E-state index in [0.717, 1.165) is 5.56 Å². The van der Waals surface area contributed by atoms with E-state index in [1.54, 1.807) is 0 Å². The number of nitrogens with zero attached hydrogens (tertiary/aromatic N) is 1. The first-order valence-electron chi connectivity index (χ1n) is 7.10. The second-order valence-corrected chi connectivity index (χ2v) is 5.61. The zero-order valence-corrected chi connectivity index (χ0v) is 13.0. The summed E-state index contributed by atoms with van der Waals surface area (Å²) in [5, 5.41) is 0. The van der Waals surface area contributed by atoms with Crippen molar-refractivity contribution >= 4 is 5.69 Å². The van der Waals surface area contributed by atoms with Gasteiger partial charge in [0, 0.05) is 12.1 Å². The van der Waals surface area contributed by atoms with Gasteiger partial charge in [0.15, 0.2) is 0 Å². The number of hydrogen-bond donors (Lipinski definition) is 1. The predicted octanol–water partition coefficient (Wildman–Crippen LogP) is 4.23. The molecule has 124 valence electrons. The van der Waals surface area contributed by atoms with Crippen LogP contribution in [0.2, 0.25) is 0 Å². The number of nitrogens with two attached hydrogens (primary N) is 1. The molecule has 0 radical (unpaired) electrons. The zero-order valence-electron chi connectivity index (χ0n) is 13.0. The summed E-state index contributed by atoms with van der Waals surface area (Å²) in [6.45, 7) is 0.683. The number of benzene rings is 2. The molecule has 0 aliphatic rings. The summed E-state index contributed by atoms with van der Waals surface area (Å²) in [7, 11) is 3.88. The Morgan fingerprint density at radius 1 is 1.04 bits per heavy atom.